The van der Waals surface area contributed by atoms with Crippen molar-refractivity contribution in [3.05, 3.63) is 70.3 Å². The first kappa shape index (κ1) is 19.4. The Morgan fingerprint density at radius 1 is 0.913 bits per heavy atom. The summed E-state index contributed by atoms with van der Waals surface area (Å²) in [6, 6.07) is 8.76. The van der Waals surface area contributed by atoms with E-state index in [0.29, 0.717) is 0 Å². The second-order valence-corrected chi connectivity index (χ2v) is 6.58. The van der Waals surface area contributed by atoms with Gasteiger partial charge in [0.1, 0.15) is 0 Å². The average Bonchev–Trinajstić information content (AvgIpc) is 2.47. The van der Waals surface area contributed by atoms with Crippen LogP contribution in [0.3, 0.4) is 0 Å². The molecule has 0 radical (unpaired) electrons. The SMILES string of the molecule is C/C(=C\CO)CC/C=C(\C)CC/C=C(\C)Cc1cccc(C)c1. The number of allylic oxidation sites excluding steroid dienone is 5. The number of aliphatic hydroxyl groups is 1. The van der Waals surface area contributed by atoms with E-state index in [2.05, 4.69) is 64.1 Å². The van der Waals surface area contributed by atoms with Gasteiger partial charge in [0.25, 0.3) is 0 Å². The standard InChI is InChI=1S/C22H32O/c1-18(8-5-10-19(2)14-15-23)9-6-11-20(3)16-22-13-7-12-21(4)17-22/h7-8,11-14,17,23H,5-6,9-10,15-16H2,1-4H3/b18-8+,19-14+,20-11+. The predicted molar refractivity (Wildman–Crippen MR) is 102 cm³/mol. The average molecular weight is 312 g/mol. The molecule has 1 heteroatoms. The lowest BCUT2D eigenvalue weighted by Crippen LogP contribution is -1.88. The Morgan fingerprint density at radius 2 is 1.52 bits per heavy atom. The van der Waals surface area contributed by atoms with Crippen LogP contribution in [0.15, 0.2) is 59.2 Å². The van der Waals surface area contributed by atoms with Gasteiger partial charge in [0.05, 0.1) is 6.61 Å². The maximum atomic E-state index is 8.84. The summed E-state index contributed by atoms with van der Waals surface area (Å²) in [7, 11) is 0. The minimum atomic E-state index is 0.152. The lowest BCUT2D eigenvalue weighted by Gasteiger charge is -2.04. The van der Waals surface area contributed by atoms with Crippen molar-refractivity contribution in [3.8, 4) is 0 Å². The summed E-state index contributed by atoms with van der Waals surface area (Å²) < 4.78 is 0. The van der Waals surface area contributed by atoms with Crippen LogP contribution in [0.2, 0.25) is 0 Å². The molecule has 0 aliphatic carbocycles. The molecule has 1 nitrogen and oxygen atoms in total. The molecule has 0 aliphatic rings. The van der Waals surface area contributed by atoms with Gasteiger partial charge in [-0.25, -0.2) is 0 Å². The Balaban J connectivity index is 2.34. The second-order valence-electron chi connectivity index (χ2n) is 6.58. The van der Waals surface area contributed by atoms with Crippen molar-refractivity contribution in [2.24, 2.45) is 0 Å². The van der Waals surface area contributed by atoms with E-state index in [1.165, 1.54) is 27.8 Å². The zero-order chi connectivity index (χ0) is 17.1. The number of aryl methyl sites for hydroxylation is 1. The molecule has 0 saturated carbocycles. The highest BCUT2D eigenvalue weighted by Crippen LogP contribution is 2.14. The molecule has 0 bridgehead atoms. The highest BCUT2D eigenvalue weighted by molar-refractivity contribution is 5.26. The van der Waals surface area contributed by atoms with Crippen LogP contribution < -0.4 is 0 Å². The molecule has 0 heterocycles. The number of rotatable bonds is 9. The van der Waals surface area contributed by atoms with Crippen molar-refractivity contribution in [2.75, 3.05) is 6.61 Å². The van der Waals surface area contributed by atoms with Crippen LogP contribution in [0.25, 0.3) is 0 Å². The minimum Gasteiger partial charge on any atom is -0.392 e. The normalized spacial score (nSPS) is 13.5. The van der Waals surface area contributed by atoms with Crippen molar-refractivity contribution in [1.82, 2.24) is 0 Å². The second kappa shape index (κ2) is 11.0. The van der Waals surface area contributed by atoms with Crippen molar-refractivity contribution < 1.29 is 5.11 Å². The topological polar surface area (TPSA) is 20.2 Å². The fourth-order valence-electron chi connectivity index (χ4n) is 2.67. The molecular weight excluding hydrogens is 280 g/mol. The predicted octanol–water partition coefficient (Wildman–Crippen LogP) is 5.93. The van der Waals surface area contributed by atoms with Gasteiger partial charge in [-0.1, -0.05) is 64.8 Å². The van der Waals surface area contributed by atoms with Gasteiger partial charge in [0.15, 0.2) is 0 Å². The zero-order valence-electron chi connectivity index (χ0n) is 15.2. The molecule has 126 valence electrons. The molecule has 1 aromatic carbocycles. The van der Waals surface area contributed by atoms with Gasteiger partial charge in [0, 0.05) is 0 Å². The molecule has 0 aliphatic heterocycles. The van der Waals surface area contributed by atoms with Gasteiger partial charge in [-0.2, -0.15) is 0 Å². The van der Waals surface area contributed by atoms with Gasteiger partial charge < -0.3 is 5.11 Å². The van der Waals surface area contributed by atoms with E-state index in [1.54, 1.807) is 0 Å². The smallest absolute Gasteiger partial charge is 0.0614 e. The largest absolute Gasteiger partial charge is 0.392 e. The molecule has 0 atom stereocenters. The first-order valence-corrected chi connectivity index (χ1v) is 8.64. The molecule has 0 unspecified atom stereocenters. The monoisotopic (exact) mass is 312 g/mol. The molecule has 1 rings (SSSR count). The number of aliphatic hydroxyl groups excluding tert-OH is 1. The molecular formula is C22H32O. The van der Waals surface area contributed by atoms with E-state index in [0.717, 1.165) is 32.1 Å². The summed E-state index contributed by atoms with van der Waals surface area (Å²) in [6.07, 6.45) is 12.0. The van der Waals surface area contributed by atoms with Crippen molar-refractivity contribution in [2.45, 2.75) is 59.8 Å². The van der Waals surface area contributed by atoms with Crippen LogP contribution >= 0.6 is 0 Å². The van der Waals surface area contributed by atoms with E-state index >= 15 is 0 Å². The molecule has 0 spiro atoms. The van der Waals surface area contributed by atoms with Crippen LogP contribution in [-0.4, -0.2) is 11.7 Å². The van der Waals surface area contributed by atoms with Gasteiger partial charge in [0.2, 0.25) is 0 Å². The minimum absolute atomic E-state index is 0.152. The lowest BCUT2D eigenvalue weighted by molar-refractivity contribution is 0.341. The van der Waals surface area contributed by atoms with Crippen LogP contribution in [0.4, 0.5) is 0 Å². The van der Waals surface area contributed by atoms with Crippen LogP contribution in [0, 0.1) is 6.92 Å². The van der Waals surface area contributed by atoms with Gasteiger partial charge in [-0.3, -0.25) is 0 Å². The number of hydrogen-bond donors (Lipinski definition) is 1. The Kier molecular flexibility index (Phi) is 9.31. The summed E-state index contributed by atoms with van der Waals surface area (Å²) >= 11 is 0. The van der Waals surface area contributed by atoms with E-state index in [1.807, 2.05) is 6.08 Å². The van der Waals surface area contributed by atoms with Crippen molar-refractivity contribution in [3.63, 3.8) is 0 Å². The quantitative estimate of drug-likeness (QED) is 0.560. The molecule has 0 saturated heterocycles. The third kappa shape index (κ3) is 9.20. The summed E-state index contributed by atoms with van der Waals surface area (Å²) in [4.78, 5) is 0. The Labute approximate surface area is 142 Å². The molecule has 0 aromatic heterocycles. The fraction of sp³-hybridized carbons (Fsp3) is 0.455. The fourth-order valence-corrected chi connectivity index (χ4v) is 2.67. The zero-order valence-corrected chi connectivity index (χ0v) is 15.2. The Morgan fingerprint density at radius 3 is 2.13 bits per heavy atom. The highest BCUT2D eigenvalue weighted by atomic mass is 16.2. The third-order valence-corrected chi connectivity index (χ3v) is 4.07. The molecule has 1 N–H and O–H groups in total. The maximum absolute atomic E-state index is 8.84. The maximum Gasteiger partial charge on any atom is 0.0614 e. The molecule has 1 aromatic rings. The van der Waals surface area contributed by atoms with Gasteiger partial charge >= 0.3 is 0 Å². The van der Waals surface area contributed by atoms with E-state index in [-0.39, 0.29) is 6.61 Å². The Hall–Kier alpha value is -1.60. The molecule has 0 fully saturated rings. The summed E-state index contributed by atoms with van der Waals surface area (Å²) in [6.45, 7) is 8.82. The third-order valence-electron chi connectivity index (χ3n) is 4.07. The van der Waals surface area contributed by atoms with E-state index in [9.17, 15) is 0 Å². The van der Waals surface area contributed by atoms with Gasteiger partial charge in [-0.15, -0.1) is 0 Å². The van der Waals surface area contributed by atoms with E-state index in [4.69, 9.17) is 5.11 Å². The highest BCUT2D eigenvalue weighted by Gasteiger charge is 1.96. The molecule has 0 amide bonds. The Bertz CT molecular complexity index is 561. The van der Waals surface area contributed by atoms with Gasteiger partial charge in [-0.05, 0) is 65.4 Å². The van der Waals surface area contributed by atoms with Crippen molar-refractivity contribution >= 4 is 0 Å². The summed E-state index contributed by atoms with van der Waals surface area (Å²) in [5.41, 5.74) is 6.91. The lowest BCUT2D eigenvalue weighted by atomic mass is 10.0. The first-order valence-electron chi connectivity index (χ1n) is 8.64. The van der Waals surface area contributed by atoms with Crippen molar-refractivity contribution in [1.29, 1.82) is 0 Å². The summed E-state index contributed by atoms with van der Waals surface area (Å²) in [5.74, 6) is 0. The van der Waals surface area contributed by atoms with Crippen LogP contribution in [-0.2, 0) is 6.42 Å². The summed E-state index contributed by atoms with van der Waals surface area (Å²) in [5, 5.41) is 8.84. The van der Waals surface area contributed by atoms with Crippen LogP contribution in [0.5, 0.6) is 0 Å². The molecule has 23 heavy (non-hydrogen) atoms. The first-order chi connectivity index (χ1) is 11.0. The number of hydrogen-bond acceptors (Lipinski definition) is 1. The van der Waals surface area contributed by atoms with Crippen LogP contribution in [0.1, 0.15) is 57.6 Å². The van der Waals surface area contributed by atoms with E-state index < -0.39 is 0 Å². The number of benzene rings is 1.